The molecule has 2 aliphatic rings. The second-order valence-corrected chi connectivity index (χ2v) is 25.3. The van der Waals surface area contributed by atoms with Crippen LogP contribution in [0.25, 0.3) is 22.0 Å². The average molecular weight is 1210 g/mol. The predicted octanol–water partition coefficient (Wildman–Crippen LogP) is 8.78. The first kappa shape index (κ1) is 59.4. The second-order valence-electron chi connectivity index (χ2n) is 19.4. The standard InChI is InChI=1S/C48H42ClF10N8O10PS2/c1-45(2,79(4,73)74)15-14-28-10-11-29(39(60-28)34(18-24-16-26(50)19-27(51)17-24)61-36(68)22-65-42-37(41(62-65)48(57,58)59)31-20-32(31)47(42,55)56)30-12-13-33(49)38-40(30)66(23-46(52,53)54)63-43(38)67(80(5,75)76)44(69)64(3)21-25-8-6-7-9-35(25)77-78(70,71)72/h6-13,16-17,19,31-32,34H,18,20-23H2,1-5H3,(H,61,68)(H2,70,71,72)/t31-,32+,34-/m0/s1. The molecule has 0 radical (unpaired) electrons. The Kier molecular flexibility index (Phi) is 15.3. The van der Waals surface area contributed by atoms with E-state index in [0.717, 1.165) is 55.8 Å². The first-order valence-electron chi connectivity index (χ1n) is 23.1. The number of fused-ring (bicyclic) bond motifs is 4. The van der Waals surface area contributed by atoms with Gasteiger partial charge in [0.05, 0.1) is 40.5 Å². The molecule has 3 heterocycles. The Morgan fingerprint density at radius 3 is 2.19 bits per heavy atom. The molecular weight excluding hydrogens is 1170 g/mol. The zero-order valence-corrected chi connectivity index (χ0v) is 45.1. The maximum absolute atomic E-state index is 15.7. The molecule has 3 atom stereocenters. The number of nitrogens with one attached hydrogen (secondary N) is 1. The number of phosphoric ester groups is 1. The highest BCUT2D eigenvalue weighted by atomic mass is 35.5. The first-order chi connectivity index (χ1) is 36.8. The fourth-order valence-corrected chi connectivity index (χ4v) is 10.9. The average Bonchev–Trinajstić information content (AvgIpc) is 2.82. The van der Waals surface area contributed by atoms with E-state index in [9.17, 15) is 75.9 Å². The molecule has 3 aromatic heterocycles. The summed E-state index contributed by atoms with van der Waals surface area (Å²) in [5, 5.41) is 8.54. The number of anilines is 1. The van der Waals surface area contributed by atoms with Gasteiger partial charge in [-0.15, -0.1) is 0 Å². The first-order valence-corrected chi connectivity index (χ1v) is 28.8. The summed E-state index contributed by atoms with van der Waals surface area (Å²) < 4.78 is 216. The van der Waals surface area contributed by atoms with Crippen molar-refractivity contribution in [3.05, 3.63) is 123 Å². The van der Waals surface area contributed by atoms with Crippen LogP contribution < -0.4 is 14.1 Å². The number of phosphoric acid groups is 1. The summed E-state index contributed by atoms with van der Waals surface area (Å²) in [5.74, 6) is -6.76. The highest BCUT2D eigenvalue weighted by Crippen LogP contribution is 2.68. The number of hydrogen-bond acceptors (Lipinski definition) is 11. The van der Waals surface area contributed by atoms with Crippen molar-refractivity contribution >= 4 is 67.9 Å². The van der Waals surface area contributed by atoms with Crippen molar-refractivity contribution in [3.8, 4) is 28.7 Å². The summed E-state index contributed by atoms with van der Waals surface area (Å²) in [5.41, 5.74) is -6.38. The largest absolute Gasteiger partial charge is 0.524 e. The highest BCUT2D eigenvalue weighted by Gasteiger charge is 2.68. The van der Waals surface area contributed by atoms with Crippen molar-refractivity contribution in [2.45, 2.75) is 81.3 Å². The minimum atomic E-state index is -5.25. The lowest BCUT2D eigenvalue weighted by Crippen LogP contribution is -2.44. The number of alkyl halides is 8. The van der Waals surface area contributed by atoms with Crippen LogP contribution in [0.3, 0.4) is 0 Å². The number of rotatable bonds is 15. The number of benzene rings is 3. The third-order valence-corrected chi connectivity index (χ3v) is 16.6. The van der Waals surface area contributed by atoms with Crippen LogP contribution >= 0.6 is 19.4 Å². The molecule has 0 bridgehead atoms. The third-order valence-electron chi connectivity index (χ3n) is 12.9. The monoisotopic (exact) mass is 1210 g/mol. The van der Waals surface area contributed by atoms with Gasteiger partial charge in [0.1, 0.15) is 46.6 Å². The van der Waals surface area contributed by atoms with E-state index in [-0.39, 0.29) is 42.5 Å². The van der Waals surface area contributed by atoms with E-state index in [1.165, 1.54) is 32.0 Å². The molecule has 18 nitrogen and oxygen atoms in total. The third kappa shape index (κ3) is 12.3. The zero-order valence-electron chi connectivity index (χ0n) is 41.8. The molecular formula is C48H42ClF10N8O10PS2. The quantitative estimate of drug-likeness (QED) is 0.0496. The van der Waals surface area contributed by atoms with Gasteiger partial charge in [-0.3, -0.25) is 23.9 Å². The zero-order chi connectivity index (χ0) is 59.2. The summed E-state index contributed by atoms with van der Waals surface area (Å²) in [6.45, 7) is -1.62. The van der Waals surface area contributed by atoms with Crippen molar-refractivity contribution in [2.24, 2.45) is 5.92 Å². The van der Waals surface area contributed by atoms with Gasteiger partial charge in [-0.05, 0) is 80.5 Å². The van der Waals surface area contributed by atoms with Crippen molar-refractivity contribution < 1.29 is 89.2 Å². The molecule has 428 valence electrons. The van der Waals surface area contributed by atoms with Gasteiger partial charge in [0, 0.05) is 47.5 Å². The number of aromatic nitrogens is 5. The van der Waals surface area contributed by atoms with Crippen LogP contribution in [0.2, 0.25) is 5.02 Å². The van der Waals surface area contributed by atoms with Gasteiger partial charge in [0.25, 0.3) is 5.92 Å². The number of sulfonamides is 1. The molecule has 3 N–H and O–H groups in total. The van der Waals surface area contributed by atoms with Gasteiger partial charge in [-0.25, -0.2) is 40.0 Å². The number of sulfone groups is 1. The molecule has 3 aromatic carbocycles. The molecule has 3 amide bonds. The van der Waals surface area contributed by atoms with Crippen molar-refractivity contribution in [1.82, 2.24) is 34.8 Å². The van der Waals surface area contributed by atoms with Crippen LogP contribution in [0.4, 0.5) is 54.5 Å². The van der Waals surface area contributed by atoms with Crippen LogP contribution in [0.5, 0.6) is 5.75 Å². The summed E-state index contributed by atoms with van der Waals surface area (Å²) >= 11 is 6.72. The van der Waals surface area contributed by atoms with Gasteiger partial charge in [0.15, 0.2) is 21.3 Å². The van der Waals surface area contributed by atoms with Crippen molar-refractivity contribution in [2.75, 3.05) is 23.9 Å². The molecule has 32 heteroatoms. The molecule has 0 saturated heterocycles. The number of pyridine rings is 1. The van der Waals surface area contributed by atoms with Crippen LogP contribution in [0.1, 0.15) is 71.7 Å². The number of amides is 3. The van der Waals surface area contributed by atoms with E-state index in [1.54, 1.807) is 0 Å². The number of urea groups is 1. The molecule has 0 unspecified atom stereocenters. The topological polar surface area (TPSA) is 236 Å². The number of carbonyl (C=O) groups is 2. The van der Waals surface area contributed by atoms with E-state index in [0.29, 0.717) is 17.2 Å². The highest BCUT2D eigenvalue weighted by molar-refractivity contribution is 7.93. The molecule has 1 saturated carbocycles. The summed E-state index contributed by atoms with van der Waals surface area (Å²) in [4.78, 5) is 52.8. The van der Waals surface area contributed by atoms with E-state index < -0.39 is 174 Å². The normalized spacial score (nSPS) is 16.6. The van der Waals surface area contributed by atoms with Gasteiger partial charge in [-0.2, -0.15) is 49.6 Å². The lowest BCUT2D eigenvalue weighted by Gasteiger charge is -2.26. The fraction of sp³-hybridized carbons (Fsp3) is 0.354. The smallest absolute Gasteiger partial charge is 0.404 e. The fourth-order valence-electron chi connectivity index (χ4n) is 9.12. The van der Waals surface area contributed by atoms with Crippen molar-refractivity contribution in [3.63, 3.8) is 0 Å². The number of halogens is 11. The molecule has 0 aliphatic heterocycles. The van der Waals surface area contributed by atoms with Gasteiger partial charge < -0.3 is 14.7 Å². The molecule has 8 rings (SSSR count). The maximum Gasteiger partial charge on any atom is 0.524 e. The van der Waals surface area contributed by atoms with Crippen molar-refractivity contribution in [1.29, 1.82) is 0 Å². The maximum atomic E-state index is 15.7. The Bertz CT molecular complexity index is 3860. The Morgan fingerprint density at radius 1 is 0.950 bits per heavy atom. The van der Waals surface area contributed by atoms with Gasteiger partial charge in [-0.1, -0.05) is 41.8 Å². The van der Waals surface area contributed by atoms with E-state index in [1.807, 2.05) is 0 Å². The van der Waals surface area contributed by atoms with Crippen LogP contribution in [0, 0.1) is 29.4 Å². The molecule has 80 heavy (non-hydrogen) atoms. The van der Waals surface area contributed by atoms with Crippen LogP contribution in [0.15, 0.2) is 66.7 Å². The van der Waals surface area contributed by atoms with E-state index >= 15 is 8.78 Å². The molecule has 1 fully saturated rings. The van der Waals surface area contributed by atoms with E-state index in [4.69, 9.17) is 16.1 Å². The summed E-state index contributed by atoms with van der Waals surface area (Å²) in [6.07, 6.45) is -10.2. The number of nitrogens with zero attached hydrogens (tertiary/aromatic N) is 7. The van der Waals surface area contributed by atoms with Gasteiger partial charge in [0.2, 0.25) is 15.9 Å². The molecule has 0 spiro atoms. The van der Waals surface area contributed by atoms with Crippen LogP contribution in [-0.4, -0.2) is 98.5 Å². The SMILES string of the molecule is CN(Cc1ccccc1OP(=O)(O)O)C(=O)N(c1nn(CC(F)(F)F)c2c(-c3ccc(C#CC(C)(C)S(C)(=O)=O)nc3[C@H](Cc3cc(F)cc(F)c3)NC(=O)Cn3nc(C(F)(F)F)c4c3C(F)(F)[C@@H]3C[C@H]43)ccc(Cl)c12)S(C)(=O)=O. The van der Waals surface area contributed by atoms with Crippen LogP contribution in [-0.2, 0) is 67.4 Å². The molecule has 2 aliphatic carbocycles. The Morgan fingerprint density at radius 2 is 1.59 bits per heavy atom. The number of carbonyl (C=O) groups excluding carboxylic acids is 2. The summed E-state index contributed by atoms with van der Waals surface area (Å²) in [6, 6.07) is 8.02. The van der Waals surface area contributed by atoms with Gasteiger partial charge >= 0.3 is 26.2 Å². The summed E-state index contributed by atoms with van der Waals surface area (Å²) in [7, 11) is -13.1. The predicted molar refractivity (Wildman–Crippen MR) is 266 cm³/mol. The second kappa shape index (κ2) is 20.6. The lowest BCUT2D eigenvalue weighted by atomic mass is 9.93. The Hall–Kier alpha value is -6.77. The lowest BCUT2D eigenvalue weighted by molar-refractivity contribution is -0.143. The Labute approximate surface area is 452 Å². The van der Waals surface area contributed by atoms with E-state index in [2.05, 4.69) is 32.3 Å². The molecule has 6 aromatic rings. The Balaban J connectivity index is 1.34. The number of hydrogen-bond donors (Lipinski definition) is 3. The minimum Gasteiger partial charge on any atom is -0.404 e. The number of para-hydroxylation sites is 1. The minimum absolute atomic E-state index is 0.0174.